The van der Waals surface area contributed by atoms with E-state index in [9.17, 15) is 13.2 Å². The van der Waals surface area contributed by atoms with Gasteiger partial charge >= 0.3 is 12.1 Å². The SMILES string of the molecule is Cc1ccc(C[C@H]2COC(CN3CC(C)C3)CN2C2CCN(c3n[nH]c(N)n3)CC2)cc1.O=C(O)C(F)(F)F. The molecule has 39 heavy (non-hydrogen) atoms. The Hall–Kier alpha value is -2.90. The molecule has 0 radical (unpaired) electrons. The van der Waals surface area contributed by atoms with Crippen molar-refractivity contribution in [3.8, 4) is 0 Å². The topological polar surface area (TPSA) is 124 Å². The van der Waals surface area contributed by atoms with Crippen LogP contribution in [0.5, 0.6) is 0 Å². The van der Waals surface area contributed by atoms with Crippen molar-refractivity contribution in [3.63, 3.8) is 0 Å². The summed E-state index contributed by atoms with van der Waals surface area (Å²) in [5.74, 6) is -0.814. The van der Waals surface area contributed by atoms with Crippen molar-refractivity contribution in [1.82, 2.24) is 25.0 Å². The van der Waals surface area contributed by atoms with Crippen molar-refractivity contribution in [3.05, 3.63) is 35.4 Å². The molecule has 0 saturated carbocycles. The van der Waals surface area contributed by atoms with Gasteiger partial charge in [0, 0.05) is 51.4 Å². The number of carboxylic acid groups (broad SMARTS) is 1. The van der Waals surface area contributed by atoms with Crippen LogP contribution in [0.15, 0.2) is 24.3 Å². The van der Waals surface area contributed by atoms with E-state index >= 15 is 0 Å². The molecule has 2 atom stereocenters. The number of aromatic amines is 1. The molecule has 4 heterocycles. The lowest BCUT2D eigenvalue weighted by molar-refractivity contribution is -0.192. The van der Waals surface area contributed by atoms with E-state index in [-0.39, 0.29) is 0 Å². The Morgan fingerprint density at radius 3 is 2.36 bits per heavy atom. The maximum atomic E-state index is 10.6. The standard InChI is InChI=1S/C24H37N7O.C2HF3O2/c1-17-3-5-19(6-4-17)11-21-16-32-22(14-29-12-18(2)13-29)15-31(21)20-7-9-30(10-8-20)24-26-23(25)27-28-24;3-2(4,5)1(6)7/h3-6,18,20-22H,7-16H2,1-2H3,(H3,25,26,27,28);(H,6,7)/t21-,22?;/m0./s1. The third-order valence-electron chi connectivity index (χ3n) is 7.55. The fraction of sp³-hybridized carbons (Fsp3) is 0.654. The van der Waals surface area contributed by atoms with E-state index in [0.717, 1.165) is 63.9 Å². The van der Waals surface area contributed by atoms with Gasteiger partial charge in [-0.05, 0) is 37.7 Å². The Balaban J connectivity index is 0.000000448. The lowest BCUT2D eigenvalue weighted by Gasteiger charge is -2.48. The molecular formula is C26H38F3N7O3. The van der Waals surface area contributed by atoms with Crippen molar-refractivity contribution >= 4 is 17.9 Å². The summed E-state index contributed by atoms with van der Waals surface area (Å²) in [6.45, 7) is 11.7. The second-order valence-corrected chi connectivity index (χ2v) is 10.9. The number of H-pyrrole nitrogens is 1. The van der Waals surface area contributed by atoms with Crippen LogP contribution >= 0.6 is 0 Å². The molecule has 1 aromatic heterocycles. The number of aliphatic carboxylic acids is 1. The number of anilines is 2. The molecule has 10 nitrogen and oxygen atoms in total. The molecule has 0 bridgehead atoms. The molecule has 3 aliphatic rings. The minimum atomic E-state index is -5.08. The summed E-state index contributed by atoms with van der Waals surface area (Å²) in [6, 6.07) is 9.99. The van der Waals surface area contributed by atoms with Gasteiger partial charge in [0.25, 0.3) is 0 Å². The normalized spacial score (nSPS) is 23.7. The summed E-state index contributed by atoms with van der Waals surface area (Å²) in [4.78, 5) is 20.8. The van der Waals surface area contributed by atoms with Crippen LogP contribution in [0, 0.1) is 12.8 Å². The van der Waals surface area contributed by atoms with Gasteiger partial charge in [-0.15, -0.1) is 5.10 Å². The summed E-state index contributed by atoms with van der Waals surface area (Å²) >= 11 is 0. The summed E-state index contributed by atoms with van der Waals surface area (Å²) in [6.07, 6.45) is -1.49. The van der Waals surface area contributed by atoms with Crippen LogP contribution in [0.1, 0.15) is 30.9 Å². The number of morpholine rings is 1. The summed E-state index contributed by atoms with van der Waals surface area (Å²) in [7, 11) is 0. The molecule has 3 fully saturated rings. The highest BCUT2D eigenvalue weighted by atomic mass is 19.4. The Labute approximate surface area is 226 Å². The highest BCUT2D eigenvalue weighted by molar-refractivity contribution is 5.73. The Morgan fingerprint density at radius 1 is 1.18 bits per heavy atom. The van der Waals surface area contributed by atoms with E-state index < -0.39 is 12.1 Å². The van der Waals surface area contributed by atoms with Gasteiger partial charge < -0.3 is 25.4 Å². The fourth-order valence-corrected chi connectivity index (χ4v) is 5.58. The van der Waals surface area contributed by atoms with Crippen LogP contribution in [0.4, 0.5) is 25.1 Å². The van der Waals surface area contributed by atoms with Crippen LogP contribution in [-0.4, -0.2) is 106 Å². The molecule has 3 aliphatic heterocycles. The molecule has 0 aliphatic carbocycles. The average Bonchev–Trinajstić information content (AvgIpc) is 3.31. The number of nitrogens with zero attached hydrogens (tertiary/aromatic N) is 5. The number of aryl methyl sites for hydroxylation is 1. The Bertz CT molecular complexity index is 1070. The van der Waals surface area contributed by atoms with Crippen LogP contribution in [0.3, 0.4) is 0 Å². The van der Waals surface area contributed by atoms with Crippen molar-refractivity contribution in [2.45, 2.75) is 57.5 Å². The smallest absolute Gasteiger partial charge is 0.475 e. The molecule has 5 rings (SSSR count). The number of nitrogens with one attached hydrogen (secondary N) is 1. The first-order valence-corrected chi connectivity index (χ1v) is 13.4. The number of carbonyl (C=O) groups is 1. The number of hydrogen-bond donors (Lipinski definition) is 3. The van der Waals surface area contributed by atoms with Gasteiger partial charge in [-0.3, -0.25) is 4.90 Å². The number of carboxylic acids is 1. The van der Waals surface area contributed by atoms with Crippen LogP contribution in [0.25, 0.3) is 0 Å². The van der Waals surface area contributed by atoms with Crippen molar-refractivity contribution in [1.29, 1.82) is 0 Å². The van der Waals surface area contributed by atoms with Crippen molar-refractivity contribution in [2.75, 3.05) is 56.5 Å². The quantitative estimate of drug-likeness (QED) is 0.495. The molecule has 0 amide bonds. The maximum Gasteiger partial charge on any atom is 0.490 e. The summed E-state index contributed by atoms with van der Waals surface area (Å²) < 4.78 is 38.1. The predicted octanol–water partition coefficient (Wildman–Crippen LogP) is 2.56. The molecule has 13 heteroatoms. The second-order valence-electron chi connectivity index (χ2n) is 10.9. The first-order chi connectivity index (χ1) is 18.5. The van der Waals surface area contributed by atoms with E-state index in [1.54, 1.807) is 0 Å². The summed E-state index contributed by atoms with van der Waals surface area (Å²) in [5, 5.41) is 14.1. The van der Waals surface area contributed by atoms with E-state index in [1.807, 2.05) is 0 Å². The zero-order chi connectivity index (χ0) is 28.2. The molecule has 0 spiro atoms. The van der Waals surface area contributed by atoms with Crippen LogP contribution in [0.2, 0.25) is 0 Å². The van der Waals surface area contributed by atoms with Gasteiger partial charge in [0.1, 0.15) is 0 Å². The monoisotopic (exact) mass is 553 g/mol. The molecule has 3 saturated heterocycles. The highest BCUT2D eigenvalue weighted by Crippen LogP contribution is 2.27. The predicted molar refractivity (Wildman–Crippen MR) is 140 cm³/mol. The number of nitrogens with two attached hydrogens (primary N) is 1. The second kappa shape index (κ2) is 12.5. The number of piperidine rings is 1. The Morgan fingerprint density at radius 2 is 1.82 bits per heavy atom. The van der Waals surface area contributed by atoms with Gasteiger partial charge in [0.15, 0.2) is 0 Å². The average molecular weight is 554 g/mol. The number of alkyl halides is 3. The highest BCUT2D eigenvalue weighted by Gasteiger charge is 2.39. The zero-order valence-electron chi connectivity index (χ0n) is 22.4. The van der Waals surface area contributed by atoms with Crippen LogP contribution in [-0.2, 0) is 16.0 Å². The third-order valence-corrected chi connectivity index (χ3v) is 7.55. The van der Waals surface area contributed by atoms with Crippen molar-refractivity contribution in [2.24, 2.45) is 5.92 Å². The number of rotatable bonds is 6. The van der Waals surface area contributed by atoms with E-state index in [2.05, 4.69) is 68.0 Å². The number of nitrogen functional groups attached to an aromatic ring is 1. The maximum absolute atomic E-state index is 10.6. The van der Waals surface area contributed by atoms with Crippen LogP contribution < -0.4 is 10.6 Å². The minimum Gasteiger partial charge on any atom is -0.475 e. The first kappa shape index (κ1) is 29.1. The number of hydrogen-bond acceptors (Lipinski definition) is 8. The summed E-state index contributed by atoms with van der Waals surface area (Å²) in [5.41, 5.74) is 8.44. The molecule has 1 unspecified atom stereocenters. The molecule has 216 valence electrons. The van der Waals surface area contributed by atoms with E-state index in [0.29, 0.717) is 24.1 Å². The Kier molecular flexibility index (Phi) is 9.34. The third kappa shape index (κ3) is 8.05. The lowest BCUT2D eigenvalue weighted by Crippen LogP contribution is -2.60. The molecular weight excluding hydrogens is 515 g/mol. The molecule has 2 aromatic rings. The van der Waals surface area contributed by atoms with Gasteiger partial charge in [0.2, 0.25) is 11.9 Å². The number of aromatic nitrogens is 3. The largest absolute Gasteiger partial charge is 0.490 e. The number of benzene rings is 1. The lowest BCUT2D eigenvalue weighted by atomic mass is 9.95. The number of likely N-dealkylation sites (tertiary alicyclic amines) is 1. The zero-order valence-corrected chi connectivity index (χ0v) is 22.4. The van der Waals surface area contributed by atoms with E-state index in [1.165, 1.54) is 24.2 Å². The number of ether oxygens (including phenoxy) is 1. The molecule has 1 aromatic carbocycles. The van der Waals surface area contributed by atoms with Gasteiger partial charge in [-0.1, -0.05) is 36.8 Å². The van der Waals surface area contributed by atoms with Gasteiger partial charge in [0.05, 0.1) is 12.7 Å². The van der Waals surface area contributed by atoms with Gasteiger partial charge in [-0.2, -0.15) is 18.2 Å². The van der Waals surface area contributed by atoms with Crippen molar-refractivity contribution < 1.29 is 27.8 Å². The number of halogens is 3. The minimum absolute atomic E-state index is 0.308. The molecule has 4 N–H and O–H groups in total. The first-order valence-electron chi connectivity index (χ1n) is 13.4. The van der Waals surface area contributed by atoms with E-state index in [4.69, 9.17) is 20.4 Å². The van der Waals surface area contributed by atoms with Gasteiger partial charge in [-0.25, -0.2) is 9.89 Å². The fourth-order valence-electron chi connectivity index (χ4n) is 5.58.